The van der Waals surface area contributed by atoms with Gasteiger partial charge in [-0.2, -0.15) is 0 Å². The second-order valence-corrected chi connectivity index (χ2v) is 7.39. The highest BCUT2D eigenvalue weighted by atomic mass is 35.5. The Morgan fingerprint density at radius 2 is 1.80 bits per heavy atom. The molecule has 0 aliphatic heterocycles. The van der Waals surface area contributed by atoms with E-state index >= 15 is 0 Å². The third kappa shape index (κ3) is 5.38. The van der Waals surface area contributed by atoms with Gasteiger partial charge in [-0.05, 0) is 55.7 Å². The van der Waals surface area contributed by atoms with Gasteiger partial charge in [-0.25, -0.2) is 0 Å². The van der Waals surface area contributed by atoms with Gasteiger partial charge in [-0.15, -0.1) is 0 Å². The predicted molar refractivity (Wildman–Crippen MR) is 107 cm³/mol. The average Bonchev–Trinajstić information content (AvgIpc) is 2.56. The molecular weight excluding hydrogens is 355 g/mol. The summed E-state index contributed by atoms with van der Waals surface area (Å²) in [6.45, 7) is 3.88. The second kappa shape index (κ2) is 8.59. The fourth-order valence-corrected chi connectivity index (χ4v) is 2.97. The molecule has 0 bridgehead atoms. The van der Waals surface area contributed by atoms with Gasteiger partial charge in [0.25, 0.3) is 0 Å². The van der Waals surface area contributed by atoms with Crippen LogP contribution in [0.3, 0.4) is 0 Å². The van der Waals surface area contributed by atoms with Crippen molar-refractivity contribution in [1.29, 1.82) is 0 Å². The summed E-state index contributed by atoms with van der Waals surface area (Å²) >= 11 is 12.0. The van der Waals surface area contributed by atoms with Gasteiger partial charge in [-0.1, -0.05) is 41.4 Å². The molecule has 3 nitrogen and oxygen atoms in total. The molecule has 0 fully saturated rings. The van der Waals surface area contributed by atoms with Crippen LogP contribution in [0.2, 0.25) is 10.0 Å². The Kier molecular flexibility index (Phi) is 6.74. The van der Waals surface area contributed by atoms with E-state index in [9.17, 15) is 4.79 Å². The summed E-state index contributed by atoms with van der Waals surface area (Å²) < 4.78 is 0. The molecule has 0 aliphatic carbocycles. The molecule has 0 saturated carbocycles. The highest BCUT2D eigenvalue weighted by molar-refractivity contribution is 6.42. The van der Waals surface area contributed by atoms with Crippen LogP contribution >= 0.6 is 23.2 Å². The van der Waals surface area contributed by atoms with Gasteiger partial charge < -0.3 is 10.2 Å². The number of carbonyl (C=O) groups is 1. The van der Waals surface area contributed by atoms with Gasteiger partial charge in [0.05, 0.1) is 16.0 Å². The van der Waals surface area contributed by atoms with Crippen molar-refractivity contribution in [2.24, 2.45) is 0 Å². The van der Waals surface area contributed by atoms with Gasteiger partial charge >= 0.3 is 0 Å². The lowest BCUT2D eigenvalue weighted by molar-refractivity contribution is -0.122. The van der Waals surface area contributed by atoms with Crippen LogP contribution in [-0.4, -0.2) is 26.0 Å². The van der Waals surface area contributed by atoms with Crippen molar-refractivity contribution in [2.75, 3.05) is 19.0 Å². The average molecular weight is 379 g/mol. The largest absolute Gasteiger partial charge is 0.378 e. The normalized spacial score (nSPS) is 13.2. The summed E-state index contributed by atoms with van der Waals surface area (Å²) in [6.07, 6.45) is 0.779. The number of halogens is 2. The van der Waals surface area contributed by atoms with Crippen LogP contribution in [0.15, 0.2) is 42.5 Å². The molecule has 25 heavy (non-hydrogen) atoms. The SMILES string of the molecule is CC(Cc1cccc(N(C)C)c1)NC(=O)C(C)c1ccc(Cl)c(Cl)c1. The topological polar surface area (TPSA) is 32.3 Å². The summed E-state index contributed by atoms with van der Waals surface area (Å²) in [5.74, 6) is -0.306. The molecule has 1 amide bonds. The van der Waals surface area contributed by atoms with Crippen molar-refractivity contribution in [1.82, 2.24) is 5.32 Å². The molecule has 0 heterocycles. The van der Waals surface area contributed by atoms with Gasteiger partial charge in [0, 0.05) is 25.8 Å². The minimum Gasteiger partial charge on any atom is -0.378 e. The second-order valence-electron chi connectivity index (χ2n) is 6.57. The number of hydrogen-bond acceptors (Lipinski definition) is 2. The standard InChI is InChI=1S/C20H24Cl2N2O/c1-13(10-15-6-5-7-17(11-15)24(3)4)23-20(25)14(2)16-8-9-18(21)19(22)12-16/h5-9,11-14H,10H2,1-4H3,(H,23,25). The van der Waals surface area contributed by atoms with E-state index in [2.05, 4.69) is 28.4 Å². The highest BCUT2D eigenvalue weighted by Gasteiger charge is 2.18. The highest BCUT2D eigenvalue weighted by Crippen LogP contribution is 2.26. The lowest BCUT2D eigenvalue weighted by Crippen LogP contribution is -2.36. The summed E-state index contributed by atoms with van der Waals surface area (Å²) in [7, 11) is 4.03. The molecule has 0 saturated heterocycles. The molecule has 2 unspecified atom stereocenters. The van der Waals surface area contributed by atoms with Crippen molar-refractivity contribution in [3.8, 4) is 0 Å². The van der Waals surface area contributed by atoms with E-state index in [1.54, 1.807) is 12.1 Å². The molecule has 2 rings (SSSR count). The molecule has 1 N–H and O–H groups in total. The molecule has 134 valence electrons. The zero-order valence-corrected chi connectivity index (χ0v) is 16.5. The van der Waals surface area contributed by atoms with E-state index in [1.165, 1.54) is 5.56 Å². The molecule has 2 aromatic rings. The van der Waals surface area contributed by atoms with E-state index in [-0.39, 0.29) is 17.9 Å². The van der Waals surface area contributed by atoms with E-state index < -0.39 is 0 Å². The number of nitrogens with zero attached hydrogens (tertiary/aromatic N) is 1. The number of nitrogens with one attached hydrogen (secondary N) is 1. The molecular formula is C20H24Cl2N2O. The van der Waals surface area contributed by atoms with Crippen molar-refractivity contribution in [3.63, 3.8) is 0 Å². The first-order valence-corrected chi connectivity index (χ1v) is 9.05. The fraction of sp³-hybridized carbons (Fsp3) is 0.350. The third-order valence-electron chi connectivity index (χ3n) is 4.19. The first-order chi connectivity index (χ1) is 11.8. The Hall–Kier alpha value is -1.71. The Labute approximate surface area is 159 Å². The van der Waals surface area contributed by atoms with E-state index in [1.807, 2.05) is 40.1 Å². The number of anilines is 1. The molecule has 2 atom stereocenters. The Morgan fingerprint density at radius 1 is 1.08 bits per heavy atom. The maximum Gasteiger partial charge on any atom is 0.227 e. The number of hydrogen-bond donors (Lipinski definition) is 1. The lowest BCUT2D eigenvalue weighted by Gasteiger charge is -2.19. The van der Waals surface area contributed by atoms with Crippen LogP contribution < -0.4 is 10.2 Å². The van der Waals surface area contributed by atoms with Crippen molar-refractivity contribution >= 4 is 34.8 Å². The van der Waals surface area contributed by atoms with Crippen molar-refractivity contribution in [2.45, 2.75) is 32.2 Å². The minimum absolute atomic E-state index is 0.0188. The maximum absolute atomic E-state index is 12.5. The predicted octanol–water partition coefficient (Wildman–Crippen LogP) is 4.91. The molecule has 5 heteroatoms. The maximum atomic E-state index is 12.5. The first-order valence-electron chi connectivity index (χ1n) is 8.29. The third-order valence-corrected chi connectivity index (χ3v) is 4.93. The van der Waals surface area contributed by atoms with Gasteiger partial charge in [-0.3, -0.25) is 4.79 Å². The summed E-state index contributed by atoms with van der Waals surface area (Å²) in [6, 6.07) is 13.7. The van der Waals surface area contributed by atoms with Crippen molar-refractivity contribution in [3.05, 3.63) is 63.6 Å². The molecule has 0 spiro atoms. The van der Waals surface area contributed by atoms with Crippen LogP contribution in [0.5, 0.6) is 0 Å². The number of carbonyl (C=O) groups excluding carboxylic acids is 1. The monoisotopic (exact) mass is 378 g/mol. The van der Waals surface area contributed by atoms with Gasteiger partial charge in [0.2, 0.25) is 5.91 Å². The van der Waals surface area contributed by atoms with E-state index in [0.29, 0.717) is 10.0 Å². The summed E-state index contributed by atoms with van der Waals surface area (Å²) in [4.78, 5) is 14.6. The van der Waals surface area contributed by atoms with Gasteiger partial charge in [0.1, 0.15) is 0 Å². The van der Waals surface area contributed by atoms with E-state index in [0.717, 1.165) is 17.7 Å². The van der Waals surface area contributed by atoms with Crippen LogP contribution in [-0.2, 0) is 11.2 Å². The first kappa shape index (κ1) is 19.6. The van der Waals surface area contributed by atoms with Crippen LogP contribution in [0.25, 0.3) is 0 Å². The zero-order valence-electron chi connectivity index (χ0n) is 15.0. The minimum atomic E-state index is -0.287. The van der Waals surface area contributed by atoms with E-state index in [4.69, 9.17) is 23.2 Å². The van der Waals surface area contributed by atoms with Crippen LogP contribution in [0, 0.1) is 0 Å². The quantitative estimate of drug-likeness (QED) is 0.774. The Bertz CT molecular complexity index is 746. The molecule has 0 radical (unpaired) electrons. The number of benzene rings is 2. The molecule has 2 aromatic carbocycles. The fourth-order valence-electron chi connectivity index (χ4n) is 2.67. The molecule has 0 aliphatic rings. The smallest absolute Gasteiger partial charge is 0.227 e. The van der Waals surface area contributed by atoms with Gasteiger partial charge in [0.15, 0.2) is 0 Å². The number of rotatable bonds is 6. The summed E-state index contributed by atoms with van der Waals surface area (Å²) in [5.41, 5.74) is 3.20. The Balaban J connectivity index is 1.99. The summed E-state index contributed by atoms with van der Waals surface area (Å²) in [5, 5.41) is 4.04. The molecule has 0 aromatic heterocycles. The zero-order chi connectivity index (χ0) is 18.6. The number of amides is 1. The van der Waals surface area contributed by atoms with Crippen molar-refractivity contribution < 1.29 is 4.79 Å². The Morgan fingerprint density at radius 3 is 2.44 bits per heavy atom. The van der Waals surface area contributed by atoms with Crippen LogP contribution in [0.4, 0.5) is 5.69 Å². The van der Waals surface area contributed by atoms with Crippen LogP contribution in [0.1, 0.15) is 30.9 Å². The lowest BCUT2D eigenvalue weighted by atomic mass is 9.99.